The van der Waals surface area contributed by atoms with E-state index in [1.54, 1.807) is 30.3 Å². The predicted octanol–water partition coefficient (Wildman–Crippen LogP) is 1.53. The Balaban J connectivity index is 1.78. The van der Waals surface area contributed by atoms with Gasteiger partial charge in [-0.1, -0.05) is 29.5 Å². The van der Waals surface area contributed by atoms with Crippen LogP contribution in [0.5, 0.6) is 0 Å². The summed E-state index contributed by atoms with van der Waals surface area (Å²) in [5, 5.41) is 14.0. The highest BCUT2D eigenvalue weighted by molar-refractivity contribution is 7.15. The van der Waals surface area contributed by atoms with Gasteiger partial charge in [-0.2, -0.15) is 5.10 Å². The SMILES string of the molecule is NC(=O)[C@H]1CC(C(=O)Nc2nnc(C(F)F)s2)=NN1c1ccccc1. The molecule has 0 radical (unpaired) electrons. The first-order valence-electron chi connectivity index (χ1n) is 7.09. The van der Waals surface area contributed by atoms with E-state index in [0.717, 1.165) is 0 Å². The Hall–Kier alpha value is -2.95. The first-order valence-corrected chi connectivity index (χ1v) is 7.91. The van der Waals surface area contributed by atoms with E-state index in [-0.39, 0.29) is 17.3 Å². The maximum Gasteiger partial charge on any atom is 0.291 e. The summed E-state index contributed by atoms with van der Waals surface area (Å²) in [5.74, 6) is -1.28. The maximum atomic E-state index is 12.5. The minimum atomic E-state index is -2.76. The number of hydrogen-bond donors (Lipinski definition) is 2. The van der Waals surface area contributed by atoms with E-state index in [1.165, 1.54) is 5.01 Å². The number of hydrazone groups is 1. The van der Waals surface area contributed by atoms with Crippen LogP contribution in [0.1, 0.15) is 17.9 Å². The number of rotatable bonds is 5. The van der Waals surface area contributed by atoms with Gasteiger partial charge in [0.15, 0.2) is 5.01 Å². The monoisotopic (exact) mass is 366 g/mol. The zero-order valence-electron chi connectivity index (χ0n) is 12.6. The molecule has 1 aromatic heterocycles. The predicted molar refractivity (Wildman–Crippen MR) is 87.5 cm³/mol. The number of para-hydroxylation sites is 1. The highest BCUT2D eigenvalue weighted by atomic mass is 32.1. The van der Waals surface area contributed by atoms with Gasteiger partial charge in [0.25, 0.3) is 12.3 Å². The number of nitrogens with two attached hydrogens (primary N) is 1. The van der Waals surface area contributed by atoms with Gasteiger partial charge in [-0.05, 0) is 12.1 Å². The Kier molecular flexibility index (Phi) is 4.65. The second-order valence-corrected chi connectivity index (χ2v) is 6.06. The maximum absolute atomic E-state index is 12.5. The summed E-state index contributed by atoms with van der Waals surface area (Å²) in [4.78, 5) is 23.9. The molecule has 3 rings (SSSR count). The smallest absolute Gasteiger partial charge is 0.291 e. The van der Waals surface area contributed by atoms with E-state index in [0.29, 0.717) is 17.0 Å². The quantitative estimate of drug-likeness (QED) is 0.833. The van der Waals surface area contributed by atoms with Gasteiger partial charge in [0.2, 0.25) is 11.0 Å². The minimum Gasteiger partial charge on any atom is -0.368 e. The number of aromatic nitrogens is 2. The second kappa shape index (κ2) is 6.89. The zero-order chi connectivity index (χ0) is 18.0. The molecule has 8 nitrogen and oxygen atoms in total. The van der Waals surface area contributed by atoms with Crippen molar-refractivity contribution in [1.29, 1.82) is 0 Å². The van der Waals surface area contributed by atoms with Gasteiger partial charge in [0.05, 0.1) is 5.69 Å². The Morgan fingerprint density at radius 1 is 1.28 bits per heavy atom. The van der Waals surface area contributed by atoms with Crippen molar-refractivity contribution in [2.24, 2.45) is 10.8 Å². The molecule has 2 amide bonds. The molecule has 1 aliphatic heterocycles. The summed E-state index contributed by atoms with van der Waals surface area (Å²) in [6.07, 6.45) is -2.77. The largest absolute Gasteiger partial charge is 0.368 e. The number of amides is 2. The van der Waals surface area contributed by atoms with Gasteiger partial charge in [-0.15, -0.1) is 10.2 Å². The van der Waals surface area contributed by atoms with E-state index >= 15 is 0 Å². The van der Waals surface area contributed by atoms with Crippen LogP contribution >= 0.6 is 11.3 Å². The lowest BCUT2D eigenvalue weighted by atomic mass is 10.1. The van der Waals surface area contributed by atoms with Crippen LogP contribution in [0.4, 0.5) is 19.6 Å². The van der Waals surface area contributed by atoms with Gasteiger partial charge in [-0.25, -0.2) is 8.78 Å². The molecule has 1 atom stereocenters. The Morgan fingerprint density at radius 2 is 2.00 bits per heavy atom. The van der Waals surface area contributed by atoms with Crippen LogP contribution in [-0.4, -0.2) is 33.8 Å². The van der Waals surface area contributed by atoms with Crippen molar-refractivity contribution in [1.82, 2.24) is 10.2 Å². The van der Waals surface area contributed by atoms with Crippen molar-refractivity contribution >= 4 is 39.7 Å². The van der Waals surface area contributed by atoms with Crippen LogP contribution in [0.3, 0.4) is 0 Å². The summed E-state index contributed by atoms with van der Waals surface area (Å²) in [7, 11) is 0. The number of hydrogen-bond acceptors (Lipinski definition) is 7. The highest BCUT2D eigenvalue weighted by Gasteiger charge is 2.35. The third kappa shape index (κ3) is 3.60. The topological polar surface area (TPSA) is 114 Å². The third-order valence-electron chi connectivity index (χ3n) is 3.37. The number of carbonyl (C=O) groups is 2. The summed E-state index contributed by atoms with van der Waals surface area (Å²) in [6, 6.07) is 7.95. The lowest BCUT2D eigenvalue weighted by Gasteiger charge is -2.20. The lowest BCUT2D eigenvalue weighted by Crippen LogP contribution is -2.39. The molecule has 1 aromatic carbocycles. The normalized spacial score (nSPS) is 16.8. The molecular weight excluding hydrogens is 354 g/mol. The van der Waals surface area contributed by atoms with Gasteiger partial charge >= 0.3 is 0 Å². The Labute approximate surface area is 144 Å². The molecule has 0 aliphatic carbocycles. The molecule has 0 unspecified atom stereocenters. The van der Waals surface area contributed by atoms with Crippen LogP contribution in [0.25, 0.3) is 0 Å². The van der Waals surface area contributed by atoms with Gasteiger partial charge < -0.3 is 5.73 Å². The summed E-state index contributed by atoms with van der Waals surface area (Å²) in [6.45, 7) is 0. The summed E-state index contributed by atoms with van der Waals surface area (Å²) < 4.78 is 25.0. The number of benzene rings is 1. The Morgan fingerprint density at radius 3 is 2.60 bits per heavy atom. The second-order valence-electron chi connectivity index (χ2n) is 5.05. The molecule has 0 spiro atoms. The van der Waals surface area contributed by atoms with Crippen molar-refractivity contribution in [3.05, 3.63) is 35.3 Å². The summed E-state index contributed by atoms with van der Waals surface area (Å²) >= 11 is 0.568. The molecule has 2 heterocycles. The third-order valence-corrected chi connectivity index (χ3v) is 4.22. The van der Waals surface area contributed by atoms with Gasteiger partial charge in [0, 0.05) is 6.42 Å². The van der Waals surface area contributed by atoms with E-state index in [4.69, 9.17) is 5.73 Å². The van der Waals surface area contributed by atoms with Crippen molar-refractivity contribution in [2.45, 2.75) is 18.9 Å². The fraction of sp³-hybridized carbons (Fsp3) is 0.214. The molecule has 0 fully saturated rings. The number of primary amides is 1. The molecule has 3 N–H and O–H groups in total. The van der Waals surface area contributed by atoms with Gasteiger partial charge in [-0.3, -0.25) is 19.9 Å². The first-order chi connectivity index (χ1) is 12.0. The lowest BCUT2D eigenvalue weighted by molar-refractivity contribution is -0.119. The average Bonchev–Trinajstić information content (AvgIpc) is 3.22. The average molecular weight is 366 g/mol. The van der Waals surface area contributed by atoms with E-state index < -0.39 is 29.3 Å². The molecule has 11 heteroatoms. The van der Waals surface area contributed by atoms with Crippen LogP contribution in [0.15, 0.2) is 35.4 Å². The molecule has 0 saturated carbocycles. The number of halogens is 2. The molecular formula is C14H12F2N6O2S. The molecule has 130 valence electrons. The summed E-state index contributed by atoms with van der Waals surface area (Å²) in [5.41, 5.74) is 6.03. The number of nitrogens with one attached hydrogen (secondary N) is 1. The zero-order valence-corrected chi connectivity index (χ0v) is 13.4. The van der Waals surface area contributed by atoms with Crippen molar-refractivity contribution in [2.75, 3.05) is 10.3 Å². The number of carbonyl (C=O) groups excluding carboxylic acids is 2. The number of anilines is 2. The fourth-order valence-corrected chi connectivity index (χ4v) is 2.82. The number of nitrogens with zero attached hydrogens (tertiary/aromatic N) is 4. The first kappa shape index (κ1) is 16.9. The van der Waals surface area contributed by atoms with Crippen LogP contribution in [-0.2, 0) is 9.59 Å². The van der Waals surface area contributed by atoms with Crippen molar-refractivity contribution in [3.63, 3.8) is 0 Å². The van der Waals surface area contributed by atoms with Crippen LogP contribution < -0.4 is 16.1 Å². The highest BCUT2D eigenvalue weighted by Crippen LogP contribution is 2.27. The molecule has 1 aliphatic rings. The van der Waals surface area contributed by atoms with E-state index in [9.17, 15) is 18.4 Å². The van der Waals surface area contributed by atoms with E-state index in [2.05, 4.69) is 20.6 Å². The van der Waals surface area contributed by atoms with Crippen LogP contribution in [0, 0.1) is 0 Å². The van der Waals surface area contributed by atoms with Crippen molar-refractivity contribution in [3.8, 4) is 0 Å². The van der Waals surface area contributed by atoms with E-state index in [1.807, 2.05) is 0 Å². The standard InChI is InChI=1S/C14H12F2N6O2S/c15-10(16)13-19-20-14(25-13)18-12(24)8-6-9(11(17)23)22(21-8)7-4-2-1-3-5-7/h1-5,9-10H,6H2,(H2,17,23)(H,18,20,24)/t9-/m1/s1. The molecule has 0 saturated heterocycles. The Bertz CT molecular complexity index is 826. The van der Waals surface area contributed by atoms with Crippen LogP contribution in [0.2, 0.25) is 0 Å². The minimum absolute atomic E-state index is 0.00340. The molecule has 25 heavy (non-hydrogen) atoms. The number of alkyl halides is 2. The fourth-order valence-electron chi connectivity index (χ4n) is 2.23. The molecule has 0 bridgehead atoms. The van der Waals surface area contributed by atoms with Crippen molar-refractivity contribution < 1.29 is 18.4 Å². The van der Waals surface area contributed by atoms with Gasteiger partial charge in [0.1, 0.15) is 11.8 Å². The molecule has 2 aromatic rings.